The number of benzene rings is 5. The minimum Gasteiger partial charge on any atom is -0.361 e. The highest BCUT2D eigenvalue weighted by molar-refractivity contribution is 5.98. The van der Waals surface area contributed by atoms with E-state index >= 15 is 0 Å². The predicted octanol–water partition coefficient (Wildman–Crippen LogP) is 7.99. The molecule has 1 heterocycles. The fourth-order valence-electron chi connectivity index (χ4n) is 5.18. The van der Waals surface area contributed by atoms with Crippen molar-refractivity contribution in [2.24, 2.45) is 7.05 Å². The predicted molar refractivity (Wildman–Crippen MR) is 159 cm³/mol. The van der Waals surface area contributed by atoms with Crippen LogP contribution in [0.1, 0.15) is 16.8 Å². The van der Waals surface area contributed by atoms with Crippen molar-refractivity contribution in [3.05, 3.63) is 145 Å². The summed E-state index contributed by atoms with van der Waals surface area (Å²) >= 11 is 0. The normalized spacial score (nSPS) is 10.9. The SMILES string of the molecule is Cn1cncc1CN(Cc1cccc(-c2ccccc2)c1)c1ccc(C#N)c(-c2cccc3ccccc23)c1. The summed E-state index contributed by atoms with van der Waals surface area (Å²) in [5.41, 5.74) is 8.47. The van der Waals surface area contributed by atoms with Crippen molar-refractivity contribution in [3.8, 4) is 28.3 Å². The highest BCUT2D eigenvalue weighted by Gasteiger charge is 2.16. The van der Waals surface area contributed by atoms with Crippen molar-refractivity contribution in [2.45, 2.75) is 13.1 Å². The monoisotopic (exact) mass is 504 g/mol. The Hall–Kier alpha value is -5.14. The smallest absolute Gasteiger partial charge is 0.0998 e. The van der Waals surface area contributed by atoms with Crippen LogP contribution in [0.5, 0.6) is 0 Å². The first-order valence-electron chi connectivity index (χ1n) is 13.1. The van der Waals surface area contributed by atoms with Crippen LogP contribution in [0.2, 0.25) is 0 Å². The van der Waals surface area contributed by atoms with E-state index in [1.165, 1.54) is 16.7 Å². The van der Waals surface area contributed by atoms with Crippen molar-refractivity contribution in [3.63, 3.8) is 0 Å². The fourth-order valence-corrected chi connectivity index (χ4v) is 5.18. The molecule has 1 aromatic heterocycles. The van der Waals surface area contributed by atoms with E-state index in [9.17, 15) is 5.26 Å². The first kappa shape index (κ1) is 24.2. The molecule has 0 N–H and O–H groups in total. The van der Waals surface area contributed by atoms with Gasteiger partial charge in [-0.3, -0.25) is 0 Å². The molecule has 0 fully saturated rings. The van der Waals surface area contributed by atoms with Crippen LogP contribution in [0.4, 0.5) is 5.69 Å². The average Bonchev–Trinajstić information content (AvgIpc) is 3.40. The molecule has 0 saturated heterocycles. The van der Waals surface area contributed by atoms with Gasteiger partial charge in [-0.2, -0.15) is 5.26 Å². The molecule has 5 aromatic carbocycles. The van der Waals surface area contributed by atoms with E-state index in [1.807, 2.05) is 37.8 Å². The second-order valence-corrected chi connectivity index (χ2v) is 9.79. The third-order valence-electron chi connectivity index (χ3n) is 7.25. The lowest BCUT2D eigenvalue weighted by Gasteiger charge is -2.26. The van der Waals surface area contributed by atoms with Crippen LogP contribution < -0.4 is 4.90 Å². The van der Waals surface area contributed by atoms with Crippen LogP contribution in [0.25, 0.3) is 33.0 Å². The third-order valence-corrected chi connectivity index (χ3v) is 7.25. The summed E-state index contributed by atoms with van der Waals surface area (Å²) in [7, 11) is 2.02. The molecule has 4 heteroatoms. The summed E-state index contributed by atoms with van der Waals surface area (Å²) in [5.74, 6) is 0. The van der Waals surface area contributed by atoms with Crippen molar-refractivity contribution < 1.29 is 0 Å². The van der Waals surface area contributed by atoms with Crippen molar-refractivity contribution in [1.82, 2.24) is 9.55 Å². The molecule has 39 heavy (non-hydrogen) atoms. The van der Waals surface area contributed by atoms with Gasteiger partial charge in [-0.1, -0.05) is 91.0 Å². The van der Waals surface area contributed by atoms with Crippen molar-refractivity contribution >= 4 is 16.5 Å². The van der Waals surface area contributed by atoms with Gasteiger partial charge < -0.3 is 9.47 Å². The van der Waals surface area contributed by atoms with E-state index in [4.69, 9.17) is 0 Å². The second-order valence-electron chi connectivity index (χ2n) is 9.79. The summed E-state index contributed by atoms with van der Waals surface area (Å²) in [6.07, 6.45) is 3.76. The fraction of sp³-hybridized carbons (Fsp3) is 0.0857. The zero-order valence-corrected chi connectivity index (χ0v) is 21.8. The summed E-state index contributed by atoms with van der Waals surface area (Å²) in [4.78, 5) is 6.71. The number of aromatic nitrogens is 2. The Bertz CT molecular complexity index is 1790. The van der Waals surface area contributed by atoms with Crippen molar-refractivity contribution in [1.29, 1.82) is 5.26 Å². The van der Waals surface area contributed by atoms with Gasteiger partial charge in [-0.15, -0.1) is 0 Å². The molecule has 6 rings (SSSR count). The number of aryl methyl sites for hydroxylation is 1. The van der Waals surface area contributed by atoms with Gasteiger partial charge in [-0.05, 0) is 57.3 Å². The number of nitriles is 1. The van der Waals surface area contributed by atoms with E-state index < -0.39 is 0 Å². The zero-order valence-electron chi connectivity index (χ0n) is 21.8. The van der Waals surface area contributed by atoms with E-state index in [1.54, 1.807) is 0 Å². The second kappa shape index (κ2) is 10.7. The molecule has 0 saturated carbocycles. The lowest BCUT2D eigenvalue weighted by Crippen LogP contribution is -2.23. The number of nitrogens with zero attached hydrogens (tertiary/aromatic N) is 4. The number of imidazole rings is 1. The lowest BCUT2D eigenvalue weighted by atomic mass is 9.94. The molecule has 0 unspecified atom stereocenters. The van der Waals surface area contributed by atoms with Crippen LogP contribution in [0.3, 0.4) is 0 Å². The lowest BCUT2D eigenvalue weighted by molar-refractivity contribution is 0.736. The Morgan fingerprint density at radius 3 is 2.33 bits per heavy atom. The highest BCUT2D eigenvalue weighted by Crippen LogP contribution is 2.34. The van der Waals surface area contributed by atoms with Crippen LogP contribution in [-0.4, -0.2) is 9.55 Å². The van der Waals surface area contributed by atoms with E-state index in [2.05, 4.69) is 118 Å². The number of rotatable bonds is 7. The van der Waals surface area contributed by atoms with Crippen molar-refractivity contribution in [2.75, 3.05) is 4.90 Å². The summed E-state index contributed by atoms with van der Waals surface area (Å²) in [5, 5.41) is 12.3. The minimum atomic E-state index is 0.668. The van der Waals surface area contributed by atoms with Gasteiger partial charge in [0.05, 0.1) is 30.2 Å². The Labute approximate surface area is 229 Å². The maximum Gasteiger partial charge on any atom is 0.0998 e. The Morgan fingerprint density at radius 1 is 0.744 bits per heavy atom. The molecule has 188 valence electrons. The van der Waals surface area contributed by atoms with E-state index in [-0.39, 0.29) is 0 Å². The summed E-state index contributed by atoms with van der Waals surface area (Å²) < 4.78 is 2.06. The molecule has 4 nitrogen and oxygen atoms in total. The number of anilines is 1. The van der Waals surface area contributed by atoms with Gasteiger partial charge in [0.1, 0.15) is 0 Å². The first-order chi connectivity index (χ1) is 19.2. The van der Waals surface area contributed by atoms with Crippen LogP contribution in [0.15, 0.2) is 128 Å². The maximum absolute atomic E-state index is 10.0. The summed E-state index contributed by atoms with van der Waals surface area (Å²) in [6.45, 7) is 1.40. The number of hydrogen-bond donors (Lipinski definition) is 0. The Kier molecular flexibility index (Phi) is 6.64. The van der Waals surface area contributed by atoms with Gasteiger partial charge >= 0.3 is 0 Å². The molecule has 0 radical (unpaired) electrons. The van der Waals surface area contributed by atoms with E-state index in [0.29, 0.717) is 18.7 Å². The van der Waals surface area contributed by atoms with Gasteiger partial charge in [0.25, 0.3) is 0 Å². The van der Waals surface area contributed by atoms with E-state index in [0.717, 1.165) is 33.3 Å². The zero-order chi connectivity index (χ0) is 26.6. The molecule has 0 amide bonds. The molecule has 0 aliphatic heterocycles. The Balaban J connectivity index is 1.44. The minimum absolute atomic E-state index is 0.668. The largest absolute Gasteiger partial charge is 0.361 e. The topological polar surface area (TPSA) is 44.9 Å². The highest BCUT2D eigenvalue weighted by atomic mass is 15.2. The van der Waals surface area contributed by atoms with Gasteiger partial charge in [0.15, 0.2) is 0 Å². The molecule has 0 aliphatic carbocycles. The summed E-state index contributed by atoms with van der Waals surface area (Å²) in [6, 6.07) is 42.4. The number of hydrogen-bond acceptors (Lipinski definition) is 3. The molecular formula is C35H28N4. The van der Waals surface area contributed by atoms with Gasteiger partial charge in [0, 0.05) is 31.0 Å². The molecule has 0 spiro atoms. The van der Waals surface area contributed by atoms with Crippen LogP contribution >= 0.6 is 0 Å². The molecule has 6 aromatic rings. The molecule has 0 bridgehead atoms. The average molecular weight is 505 g/mol. The van der Waals surface area contributed by atoms with Crippen LogP contribution in [-0.2, 0) is 20.1 Å². The third kappa shape index (κ3) is 5.03. The molecule has 0 aliphatic rings. The Morgan fingerprint density at radius 2 is 1.51 bits per heavy atom. The maximum atomic E-state index is 10.0. The van der Waals surface area contributed by atoms with Crippen LogP contribution in [0, 0.1) is 11.3 Å². The number of fused-ring (bicyclic) bond motifs is 1. The molecular weight excluding hydrogens is 476 g/mol. The molecule has 0 atom stereocenters. The quantitative estimate of drug-likeness (QED) is 0.221. The van der Waals surface area contributed by atoms with Gasteiger partial charge in [0.2, 0.25) is 0 Å². The van der Waals surface area contributed by atoms with Gasteiger partial charge in [-0.25, -0.2) is 4.98 Å². The standard InChI is InChI=1S/C35H28N4/c1-38-25-37-22-32(38)24-39(23-26-9-7-14-29(19-26)27-10-3-2-4-11-27)31-18-17-30(21-36)35(20-31)34-16-8-13-28-12-5-6-15-33(28)34/h2-20,22,25H,23-24H2,1H3. The first-order valence-corrected chi connectivity index (χ1v) is 13.1.